The average Bonchev–Trinajstić information content (AvgIpc) is 3.02. The van der Waals surface area contributed by atoms with Crippen LogP contribution < -0.4 is 0 Å². The van der Waals surface area contributed by atoms with Gasteiger partial charge in [0.05, 0.1) is 23.7 Å². The summed E-state index contributed by atoms with van der Waals surface area (Å²) in [6.45, 7) is 1.67. The highest BCUT2D eigenvalue weighted by Crippen LogP contribution is 2.32. The fourth-order valence-corrected chi connectivity index (χ4v) is 2.66. The van der Waals surface area contributed by atoms with E-state index in [4.69, 9.17) is 4.52 Å². The minimum Gasteiger partial charge on any atom is -0.334 e. The molecule has 0 aliphatic rings. The lowest BCUT2D eigenvalue weighted by Gasteiger charge is -2.01. The van der Waals surface area contributed by atoms with E-state index in [2.05, 4.69) is 41.1 Å². The van der Waals surface area contributed by atoms with Crippen LogP contribution in [-0.4, -0.2) is 36.1 Å². The van der Waals surface area contributed by atoms with Gasteiger partial charge in [-0.2, -0.15) is 23.3 Å². The van der Waals surface area contributed by atoms with E-state index < -0.39 is 18.4 Å². The molecular weight excluding hydrogens is 381 g/mol. The molecule has 3 rings (SSSR count). The van der Waals surface area contributed by atoms with Crippen molar-refractivity contribution in [3.05, 3.63) is 34.8 Å². The average molecular weight is 389 g/mol. The van der Waals surface area contributed by atoms with Crippen LogP contribution in [0, 0.1) is 6.92 Å². The molecule has 0 saturated carbocycles. The third-order valence-electron chi connectivity index (χ3n) is 2.84. The molecule has 0 radical (unpaired) electrons. The Morgan fingerprint density at radius 1 is 1.26 bits per heavy atom. The fourth-order valence-electron chi connectivity index (χ4n) is 1.92. The molecule has 3 aromatic rings. The van der Waals surface area contributed by atoms with Gasteiger partial charge in [0.25, 0.3) is 5.89 Å². The Hall–Kier alpha value is -2.30. The Labute approximate surface area is 135 Å². The first-order chi connectivity index (χ1) is 10.8. The second-order valence-corrected chi connectivity index (χ2v) is 5.32. The van der Waals surface area contributed by atoms with E-state index >= 15 is 0 Å². The Bertz CT molecular complexity index is 829. The SMILES string of the molecule is Cc1nn(-c2cncnc2)c(Br)c1-c1nc(CC(F)(F)F)no1. The lowest BCUT2D eigenvalue weighted by Crippen LogP contribution is -2.12. The van der Waals surface area contributed by atoms with Crippen LogP contribution in [0.3, 0.4) is 0 Å². The minimum absolute atomic E-state index is 0.0447. The first-order valence-corrected chi connectivity index (χ1v) is 7.04. The van der Waals surface area contributed by atoms with Gasteiger partial charge in [-0.3, -0.25) is 0 Å². The number of nitrogens with zero attached hydrogens (tertiary/aromatic N) is 6. The molecule has 0 fully saturated rings. The summed E-state index contributed by atoms with van der Waals surface area (Å²) in [5.74, 6) is -0.480. The van der Waals surface area contributed by atoms with E-state index in [-0.39, 0.29) is 5.89 Å². The van der Waals surface area contributed by atoms with Crippen LogP contribution in [0.2, 0.25) is 0 Å². The quantitative estimate of drug-likeness (QED) is 0.685. The molecule has 3 heterocycles. The predicted molar refractivity (Wildman–Crippen MR) is 74.6 cm³/mol. The summed E-state index contributed by atoms with van der Waals surface area (Å²) in [7, 11) is 0. The van der Waals surface area contributed by atoms with Crippen LogP contribution in [0.15, 0.2) is 27.8 Å². The number of rotatable bonds is 3. The van der Waals surface area contributed by atoms with E-state index in [0.717, 1.165) is 0 Å². The topological polar surface area (TPSA) is 82.5 Å². The van der Waals surface area contributed by atoms with Crippen molar-refractivity contribution in [3.63, 3.8) is 0 Å². The van der Waals surface area contributed by atoms with E-state index in [1.807, 2.05) is 0 Å². The molecule has 0 amide bonds. The van der Waals surface area contributed by atoms with Gasteiger partial charge in [-0.25, -0.2) is 14.6 Å². The summed E-state index contributed by atoms with van der Waals surface area (Å²) in [6, 6.07) is 0. The molecule has 0 saturated heterocycles. The van der Waals surface area contributed by atoms with Gasteiger partial charge in [-0.15, -0.1) is 0 Å². The Balaban J connectivity index is 2.00. The minimum atomic E-state index is -4.40. The van der Waals surface area contributed by atoms with Crippen molar-refractivity contribution >= 4 is 15.9 Å². The first kappa shape index (κ1) is 15.6. The fraction of sp³-hybridized carbons (Fsp3) is 0.250. The van der Waals surface area contributed by atoms with Gasteiger partial charge in [0.15, 0.2) is 5.82 Å². The number of hydrogen-bond donors (Lipinski definition) is 0. The maximum Gasteiger partial charge on any atom is 0.396 e. The molecule has 3 aromatic heterocycles. The van der Waals surface area contributed by atoms with Crippen LogP contribution in [0.1, 0.15) is 11.5 Å². The van der Waals surface area contributed by atoms with Gasteiger partial charge in [0.2, 0.25) is 0 Å². The molecule has 0 aliphatic carbocycles. The highest BCUT2D eigenvalue weighted by atomic mass is 79.9. The van der Waals surface area contributed by atoms with Crippen molar-refractivity contribution in [2.75, 3.05) is 0 Å². The molecule has 11 heteroatoms. The van der Waals surface area contributed by atoms with Crippen molar-refractivity contribution in [1.29, 1.82) is 0 Å². The molecule has 0 atom stereocenters. The van der Waals surface area contributed by atoms with Crippen molar-refractivity contribution in [3.8, 4) is 17.1 Å². The van der Waals surface area contributed by atoms with Crippen molar-refractivity contribution in [2.24, 2.45) is 0 Å². The number of alkyl halides is 3. The third-order valence-corrected chi connectivity index (χ3v) is 3.57. The predicted octanol–water partition coefficient (Wildman–Crippen LogP) is 2.89. The van der Waals surface area contributed by atoms with Crippen LogP contribution in [-0.2, 0) is 6.42 Å². The lowest BCUT2D eigenvalue weighted by atomic mass is 10.2. The summed E-state index contributed by atoms with van der Waals surface area (Å²) in [5.41, 5.74) is 1.49. The smallest absolute Gasteiger partial charge is 0.334 e. The molecule has 120 valence electrons. The third kappa shape index (κ3) is 3.23. The Morgan fingerprint density at radius 3 is 2.61 bits per heavy atom. The van der Waals surface area contributed by atoms with Crippen LogP contribution in [0.25, 0.3) is 17.1 Å². The van der Waals surface area contributed by atoms with Gasteiger partial charge in [0.1, 0.15) is 23.0 Å². The largest absolute Gasteiger partial charge is 0.396 e. The second-order valence-electron chi connectivity index (χ2n) is 4.57. The zero-order valence-corrected chi connectivity index (χ0v) is 13.1. The number of hydrogen-bond acceptors (Lipinski definition) is 6. The zero-order chi connectivity index (χ0) is 16.6. The van der Waals surface area contributed by atoms with Crippen LogP contribution in [0.4, 0.5) is 13.2 Å². The van der Waals surface area contributed by atoms with Gasteiger partial charge in [-0.1, -0.05) is 5.16 Å². The maximum atomic E-state index is 12.4. The summed E-state index contributed by atoms with van der Waals surface area (Å²) in [4.78, 5) is 11.6. The lowest BCUT2D eigenvalue weighted by molar-refractivity contribution is -0.128. The molecular formula is C12H8BrF3N6O. The normalized spacial score (nSPS) is 11.9. The first-order valence-electron chi connectivity index (χ1n) is 6.25. The standard InChI is InChI=1S/C12H8BrF3N6O/c1-6-9(11-19-8(21-23-11)2-12(14,15)16)10(13)22(20-6)7-3-17-5-18-4-7/h3-5H,2H2,1H3. The van der Waals surface area contributed by atoms with Gasteiger partial charge in [-0.05, 0) is 22.9 Å². The van der Waals surface area contributed by atoms with E-state index in [1.165, 1.54) is 23.4 Å². The highest BCUT2D eigenvalue weighted by Gasteiger charge is 2.31. The summed E-state index contributed by atoms with van der Waals surface area (Å²) >= 11 is 3.34. The number of halogens is 4. The molecule has 0 aliphatic heterocycles. The molecule has 0 spiro atoms. The Kier molecular flexibility index (Phi) is 3.88. The van der Waals surface area contributed by atoms with Crippen molar-refractivity contribution in [1.82, 2.24) is 29.9 Å². The maximum absolute atomic E-state index is 12.4. The van der Waals surface area contributed by atoms with Crippen molar-refractivity contribution in [2.45, 2.75) is 19.5 Å². The Morgan fingerprint density at radius 2 is 1.96 bits per heavy atom. The molecule has 0 unspecified atom stereocenters. The van der Waals surface area contributed by atoms with Gasteiger partial charge >= 0.3 is 6.18 Å². The monoisotopic (exact) mass is 388 g/mol. The number of aryl methyl sites for hydroxylation is 1. The molecule has 23 heavy (non-hydrogen) atoms. The molecule has 0 aromatic carbocycles. The molecule has 7 nitrogen and oxygen atoms in total. The second kappa shape index (κ2) is 5.72. The van der Waals surface area contributed by atoms with Crippen LogP contribution >= 0.6 is 15.9 Å². The highest BCUT2D eigenvalue weighted by molar-refractivity contribution is 9.10. The number of aromatic nitrogens is 6. The van der Waals surface area contributed by atoms with E-state index in [9.17, 15) is 13.2 Å². The summed E-state index contributed by atoms with van der Waals surface area (Å²) < 4.78 is 44.0. The molecule has 0 N–H and O–H groups in total. The van der Waals surface area contributed by atoms with E-state index in [0.29, 0.717) is 21.5 Å². The van der Waals surface area contributed by atoms with Crippen LogP contribution in [0.5, 0.6) is 0 Å². The van der Waals surface area contributed by atoms with E-state index in [1.54, 1.807) is 6.92 Å². The van der Waals surface area contributed by atoms with Gasteiger partial charge < -0.3 is 4.52 Å². The molecule has 0 bridgehead atoms. The van der Waals surface area contributed by atoms with Gasteiger partial charge in [0, 0.05) is 0 Å². The summed E-state index contributed by atoms with van der Waals surface area (Å²) in [6.07, 6.45) is -1.21. The van der Waals surface area contributed by atoms with Crippen molar-refractivity contribution < 1.29 is 17.7 Å². The summed E-state index contributed by atoms with van der Waals surface area (Å²) in [5, 5.41) is 7.63. The zero-order valence-electron chi connectivity index (χ0n) is 11.5.